The fourth-order valence-corrected chi connectivity index (χ4v) is 5.51. The van der Waals surface area contributed by atoms with Gasteiger partial charge in [0.25, 0.3) is 0 Å². The topological polar surface area (TPSA) is 123 Å². The van der Waals surface area contributed by atoms with Gasteiger partial charge < -0.3 is 15.1 Å². The van der Waals surface area contributed by atoms with Crippen molar-refractivity contribution in [2.45, 2.75) is 58.5 Å². The van der Waals surface area contributed by atoms with Crippen LogP contribution >= 0.6 is 0 Å². The SMILES string of the molecule is CCN(CC)CCCS(=O)(=O)N[C@H](CCc1ccccc1)c1n[nH]c(CNC(=O)N2CCCC2)n1. The molecule has 0 bridgehead atoms. The number of sulfonamides is 1. The lowest BCUT2D eigenvalue weighted by Crippen LogP contribution is -2.37. The summed E-state index contributed by atoms with van der Waals surface area (Å²) in [6, 6.07) is 9.26. The molecular formula is C24H39N7O3S. The number of aromatic nitrogens is 3. The van der Waals surface area contributed by atoms with E-state index in [-0.39, 0.29) is 18.3 Å². The van der Waals surface area contributed by atoms with Crippen molar-refractivity contribution >= 4 is 16.1 Å². The summed E-state index contributed by atoms with van der Waals surface area (Å²) in [4.78, 5) is 20.8. The second kappa shape index (κ2) is 13.6. The highest BCUT2D eigenvalue weighted by Crippen LogP contribution is 2.18. The van der Waals surface area contributed by atoms with Crippen LogP contribution in [0.25, 0.3) is 0 Å². The smallest absolute Gasteiger partial charge is 0.317 e. The molecule has 10 nitrogen and oxygen atoms in total. The van der Waals surface area contributed by atoms with Crippen molar-refractivity contribution in [2.24, 2.45) is 0 Å². The number of carbonyl (C=O) groups excluding carboxylic acids is 1. The van der Waals surface area contributed by atoms with E-state index in [2.05, 4.69) is 44.0 Å². The van der Waals surface area contributed by atoms with E-state index in [1.807, 2.05) is 30.3 Å². The van der Waals surface area contributed by atoms with Crippen molar-refractivity contribution in [1.29, 1.82) is 0 Å². The summed E-state index contributed by atoms with van der Waals surface area (Å²) >= 11 is 0. The van der Waals surface area contributed by atoms with Crippen molar-refractivity contribution in [2.75, 3.05) is 38.5 Å². The molecule has 1 aromatic carbocycles. The molecule has 1 aliphatic rings. The predicted molar refractivity (Wildman–Crippen MR) is 136 cm³/mol. The molecule has 1 aliphatic heterocycles. The Kier molecular flexibility index (Phi) is 10.5. The Bertz CT molecular complexity index is 1000. The van der Waals surface area contributed by atoms with Gasteiger partial charge >= 0.3 is 6.03 Å². The Labute approximate surface area is 208 Å². The molecular weight excluding hydrogens is 466 g/mol. The van der Waals surface area contributed by atoms with E-state index in [9.17, 15) is 13.2 Å². The lowest BCUT2D eigenvalue weighted by Gasteiger charge is -2.19. The van der Waals surface area contributed by atoms with Crippen LogP contribution in [0.15, 0.2) is 30.3 Å². The minimum absolute atomic E-state index is 0.0501. The summed E-state index contributed by atoms with van der Waals surface area (Å²) in [6.07, 6.45) is 3.82. The van der Waals surface area contributed by atoms with Crippen molar-refractivity contribution in [1.82, 2.24) is 35.0 Å². The van der Waals surface area contributed by atoms with Crippen LogP contribution < -0.4 is 10.0 Å². The molecule has 11 heteroatoms. The average molecular weight is 506 g/mol. The monoisotopic (exact) mass is 505 g/mol. The van der Waals surface area contributed by atoms with Crippen molar-refractivity contribution in [3.63, 3.8) is 0 Å². The van der Waals surface area contributed by atoms with E-state index in [1.54, 1.807) is 4.90 Å². The second-order valence-corrected chi connectivity index (χ2v) is 10.8. The number of rotatable bonds is 14. The number of hydrogen-bond donors (Lipinski definition) is 3. The van der Waals surface area contributed by atoms with E-state index < -0.39 is 16.1 Å². The normalized spacial score (nSPS) is 15.0. The highest BCUT2D eigenvalue weighted by molar-refractivity contribution is 7.89. The molecule has 0 aliphatic carbocycles. The number of amides is 2. The maximum absolute atomic E-state index is 12.9. The summed E-state index contributed by atoms with van der Waals surface area (Å²) in [5.41, 5.74) is 1.12. The molecule has 1 atom stereocenters. The van der Waals surface area contributed by atoms with Gasteiger partial charge in [0, 0.05) is 13.1 Å². The molecule has 1 saturated heterocycles. The molecule has 1 aromatic heterocycles. The molecule has 3 N–H and O–H groups in total. The first kappa shape index (κ1) is 27.1. The number of aryl methyl sites for hydroxylation is 1. The molecule has 2 amide bonds. The van der Waals surface area contributed by atoms with Crippen LogP contribution in [0.2, 0.25) is 0 Å². The summed E-state index contributed by atoms with van der Waals surface area (Å²) in [6.45, 7) is 8.44. The van der Waals surface area contributed by atoms with Crippen LogP contribution in [0.3, 0.4) is 0 Å². The number of aromatic amines is 1. The van der Waals surface area contributed by atoms with E-state index in [4.69, 9.17) is 0 Å². The number of hydrogen-bond acceptors (Lipinski definition) is 6. The summed E-state index contributed by atoms with van der Waals surface area (Å²) in [5.74, 6) is 0.936. The van der Waals surface area contributed by atoms with Gasteiger partial charge in [-0.3, -0.25) is 5.10 Å². The van der Waals surface area contributed by atoms with Crippen LogP contribution in [0.5, 0.6) is 0 Å². The van der Waals surface area contributed by atoms with Crippen LogP contribution in [0.4, 0.5) is 4.79 Å². The third kappa shape index (κ3) is 8.90. The number of benzene rings is 1. The first-order valence-corrected chi connectivity index (χ1v) is 14.3. The largest absolute Gasteiger partial charge is 0.331 e. The van der Waals surface area contributed by atoms with Gasteiger partial charge in [0.1, 0.15) is 5.82 Å². The van der Waals surface area contributed by atoms with E-state index in [0.29, 0.717) is 30.9 Å². The summed E-state index contributed by atoms with van der Waals surface area (Å²) in [7, 11) is -3.52. The Morgan fingerprint density at radius 3 is 2.57 bits per heavy atom. The molecule has 3 rings (SSSR count). The lowest BCUT2D eigenvalue weighted by atomic mass is 10.1. The first-order chi connectivity index (χ1) is 16.9. The lowest BCUT2D eigenvalue weighted by molar-refractivity contribution is 0.208. The molecule has 194 valence electrons. The number of likely N-dealkylation sites (tertiary alicyclic amines) is 1. The highest BCUT2D eigenvalue weighted by atomic mass is 32.2. The fourth-order valence-electron chi connectivity index (χ4n) is 4.23. The minimum Gasteiger partial charge on any atom is -0.331 e. The van der Waals surface area contributed by atoms with Gasteiger partial charge in [-0.15, -0.1) is 0 Å². The quantitative estimate of drug-likeness (QED) is 0.362. The maximum atomic E-state index is 12.9. The zero-order chi connectivity index (χ0) is 25.1. The zero-order valence-electron chi connectivity index (χ0n) is 20.9. The van der Waals surface area contributed by atoms with Gasteiger partial charge in [-0.25, -0.2) is 22.9 Å². The Balaban J connectivity index is 1.63. The third-order valence-electron chi connectivity index (χ3n) is 6.33. The molecule has 35 heavy (non-hydrogen) atoms. The van der Waals surface area contributed by atoms with Crippen molar-refractivity contribution in [3.05, 3.63) is 47.5 Å². The molecule has 1 fully saturated rings. The Morgan fingerprint density at radius 2 is 1.89 bits per heavy atom. The minimum atomic E-state index is -3.52. The predicted octanol–water partition coefficient (Wildman–Crippen LogP) is 2.44. The number of nitrogens with zero attached hydrogens (tertiary/aromatic N) is 4. The average Bonchev–Trinajstić information content (AvgIpc) is 3.56. The number of carbonyl (C=O) groups is 1. The summed E-state index contributed by atoms with van der Waals surface area (Å²) < 4.78 is 28.6. The molecule has 0 radical (unpaired) electrons. The fraction of sp³-hybridized carbons (Fsp3) is 0.625. The van der Waals surface area contributed by atoms with Gasteiger partial charge in [0.05, 0.1) is 18.3 Å². The molecule has 0 saturated carbocycles. The van der Waals surface area contributed by atoms with E-state index in [0.717, 1.165) is 51.1 Å². The molecule has 2 heterocycles. The van der Waals surface area contributed by atoms with Gasteiger partial charge in [-0.05, 0) is 57.3 Å². The van der Waals surface area contributed by atoms with Gasteiger partial charge in [-0.1, -0.05) is 44.2 Å². The maximum Gasteiger partial charge on any atom is 0.317 e. The number of nitrogens with one attached hydrogen (secondary N) is 3. The number of H-pyrrole nitrogens is 1. The molecule has 0 spiro atoms. The van der Waals surface area contributed by atoms with E-state index >= 15 is 0 Å². The summed E-state index contributed by atoms with van der Waals surface area (Å²) in [5, 5.41) is 10.00. The van der Waals surface area contributed by atoms with Crippen LogP contribution in [0, 0.1) is 0 Å². The van der Waals surface area contributed by atoms with Crippen LogP contribution in [0.1, 0.15) is 62.8 Å². The standard InChI is InChI=1S/C24H39N7O3S/c1-3-30(4-2)15-10-18-35(33,34)29-21(14-13-20-11-6-5-7-12-20)23-26-22(27-28-23)19-25-24(32)31-16-8-9-17-31/h5-7,11-12,21,29H,3-4,8-10,13-19H2,1-2H3,(H,25,32)(H,26,27,28)/t21-/m1/s1. The van der Waals surface area contributed by atoms with Crippen LogP contribution in [-0.2, 0) is 23.0 Å². The molecule has 0 unspecified atom stereocenters. The highest BCUT2D eigenvalue weighted by Gasteiger charge is 2.24. The Morgan fingerprint density at radius 1 is 1.17 bits per heavy atom. The van der Waals surface area contributed by atoms with Crippen molar-refractivity contribution < 1.29 is 13.2 Å². The first-order valence-electron chi connectivity index (χ1n) is 12.6. The Hall–Kier alpha value is -2.50. The number of urea groups is 1. The second-order valence-electron chi connectivity index (χ2n) is 8.89. The van der Waals surface area contributed by atoms with E-state index in [1.165, 1.54) is 0 Å². The van der Waals surface area contributed by atoms with Crippen molar-refractivity contribution in [3.8, 4) is 0 Å². The zero-order valence-corrected chi connectivity index (χ0v) is 21.7. The molecule has 2 aromatic rings. The van der Waals surface area contributed by atoms with Crippen LogP contribution in [-0.4, -0.2) is 77.9 Å². The van der Waals surface area contributed by atoms with Gasteiger partial charge in [0.2, 0.25) is 10.0 Å². The third-order valence-corrected chi connectivity index (χ3v) is 7.80. The van der Waals surface area contributed by atoms with Gasteiger partial charge in [-0.2, -0.15) is 5.10 Å². The van der Waals surface area contributed by atoms with Gasteiger partial charge in [0.15, 0.2) is 5.82 Å².